The van der Waals surface area contributed by atoms with E-state index in [1.807, 2.05) is 6.92 Å². The zero-order chi connectivity index (χ0) is 13.5. The summed E-state index contributed by atoms with van der Waals surface area (Å²) in [4.78, 5) is 29.7. The van der Waals surface area contributed by atoms with Crippen molar-refractivity contribution < 1.29 is 19.1 Å². The smallest absolute Gasteiger partial charge is 0.356 e. The predicted molar refractivity (Wildman–Crippen MR) is 66.5 cm³/mol. The Morgan fingerprint density at radius 1 is 1.50 bits per heavy atom. The number of aromatic nitrogens is 2. The lowest BCUT2D eigenvalue weighted by atomic mass is 10.3. The molecule has 0 bridgehead atoms. The zero-order valence-electron chi connectivity index (χ0n) is 10.6. The fourth-order valence-corrected chi connectivity index (χ4v) is 2.15. The molecule has 0 aromatic carbocycles. The zero-order valence-corrected chi connectivity index (χ0v) is 11.4. The molecular formula is C11H16N2O4S. The summed E-state index contributed by atoms with van der Waals surface area (Å²) >= 11 is 1.23. The van der Waals surface area contributed by atoms with Gasteiger partial charge in [-0.05, 0) is 13.3 Å². The molecule has 100 valence electrons. The van der Waals surface area contributed by atoms with Gasteiger partial charge in [-0.3, -0.25) is 4.79 Å². The SMILES string of the molecule is CCOC(=O)c1cnc(SC(CC)C(=O)OC)[nH]1. The molecule has 0 saturated carbocycles. The number of hydrogen-bond donors (Lipinski definition) is 1. The van der Waals surface area contributed by atoms with Crippen LogP contribution < -0.4 is 0 Å². The maximum atomic E-state index is 11.4. The van der Waals surface area contributed by atoms with Gasteiger partial charge >= 0.3 is 11.9 Å². The first-order valence-electron chi connectivity index (χ1n) is 5.58. The Labute approximate surface area is 109 Å². The number of H-pyrrole nitrogens is 1. The lowest BCUT2D eigenvalue weighted by Crippen LogP contribution is -2.17. The Bertz CT molecular complexity index is 419. The van der Waals surface area contributed by atoms with E-state index in [1.165, 1.54) is 25.1 Å². The molecule has 1 unspecified atom stereocenters. The minimum atomic E-state index is -0.456. The van der Waals surface area contributed by atoms with Crippen LogP contribution in [-0.2, 0) is 14.3 Å². The fraction of sp³-hybridized carbons (Fsp3) is 0.545. The van der Waals surface area contributed by atoms with Gasteiger partial charge in [0.1, 0.15) is 10.9 Å². The molecule has 0 radical (unpaired) electrons. The van der Waals surface area contributed by atoms with Crippen molar-refractivity contribution >= 4 is 23.7 Å². The van der Waals surface area contributed by atoms with Crippen LogP contribution in [0.5, 0.6) is 0 Å². The first kappa shape index (κ1) is 14.6. The van der Waals surface area contributed by atoms with Crippen LogP contribution in [0.4, 0.5) is 0 Å². The summed E-state index contributed by atoms with van der Waals surface area (Å²) in [6.07, 6.45) is 2.01. The Morgan fingerprint density at radius 3 is 2.78 bits per heavy atom. The van der Waals surface area contributed by atoms with E-state index in [1.54, 1.807) is 6.92 Å². The molecule has 7 heteroatoms. The fourth-order valence-electron chi connectivity index (χ4n) is 1.24. The molecular weight excluding hydrogens is 256 g/mol. The van der Waals surface area contributed by atoms with Crippen molar-refractivity contribution in [2.24, 2.45) is 0 Å². The van der Waals surface area contributed by atoms with Crippen LogP contribution in [0.25, 0.3) is 0 Å². The van der Waals surface area contributed by atoms with E-state index in [0.29, 0.717) is 18.2 Å². The molecule has 1 heterocycles. The van der Waals surface area contributed by atoms with E-state index in [2.05, 4.69) is 14.7 Å². The van der Waals surface area contributed by atoms with Gasteiger partial charge in [0.05, 0.1) is 19.9 Å². The van der Waals surface area contributed by atoms with Gasteiger partial charge in [0, 0.05) is 0 Å². The number of nitrogens with one attached hydrogen (secondary N) is 1. The van der Waals surface area contributed by atoms with Crippen LogP contribution >= 0.6 is 11.8 Å². The molecule has 1 aromatic rings. The van der Waals surface area contributed by atoms with Gasteiger partial charge < -0.3 is 14.5 Å². The maximum Gasteiger partial charge on any atom is 0.356 e. The van der Waals surface area contributed by atoms with Crippen molar-refractivity contribution in [3.8, 4) is 0 Å². The van der Waals surface area contributed by atoms with Gasteiger partial charge in [-0.1, -0.05) is 18.7 Å². The normalized spacial score (nSPS) is 11.9. The summed E-state index contributed by atoms with van der Waals surface area (Å²) in [7, 11) is 1.34. The second-order valence-electron chi connectivity index (χ2n) is 3.36. The van der Waals surface area contributed by atoms with Gasteiger partial charge in [0.15, 0.2) is 5.16 Å². The van der Waals surface area contributed by atoms with Crippen LogP contribution in [0, 0.1) is 0 Å². The van der Waals surface area contributed by atoms with E-state index in [9.17, 15) is 9.59 Å². The van der Waals surface area contributed by atoms with Crippen molar-refractivity contribution in [1.29, 1.82) is 0 Å². The second kappa shape index (κ2) is 7.05. The van der Waals surface area contributed by atoms with Gasteiger partial charge in [-0.2, -0.15) is 0 Å². The summed E-state index contributed by atoms with van der Waals surface area (Å²) < 4.78 is 9.51. The molecule has 0 saturated heterocycles. The number of nitrogens with zero attached hydrogens (tertiary/aromatic N) is 1. The van der Waals surface area contributed by atoms with E-state index < -0.39 is 5.97 Å². The minimum Gasteiger partial charge on any atom is -0.468 e. The van der Waals surface area contributed by atoms with Crippen LogP contribution in [0.2, 0.25) is 0 Å². The third kappa shape index (κ3) is 3.76. The summed E-state index contributed by atoms with van der Waals surface area (Å²) in [6, 6.07) is 0. The van der Waals surface area contributed by atoms with E-state index >= 15 is 0 Å². The van der Waals surface area contributed by atoms with Gasteiger partial charge in [-0.25, -0.2) is 9.78 Å². The molecule has 0 amide bonds. The van der Waals surface area contributed by atoms with Crippen LogP contribution in [-0.4, -0.2) is 40.9 Å². The molecule has 1 atom stereocenters. The van der Waals surface area contributed by atoms with E-state index in [4.69, 9.17) is 4.74 Å². The quantitative estimate of drug-likeness (QED) is 0.626. The molecule has 0 aliphatic carbocycles. The second-order valence-corrected chi connectivity index (χ2v) is 4.55. The Kier molecular flexibility index (Phi) is 5.70. The van der Waals surface area contributed by atoms with Crippen LogP contribution in [0.3, 0.4) is 0 Å². The number of methoxy groups -OCH3 is 1. The highest BCUT2D eigenvalue weighted by Gasteiger charge is 2.20. The van der Waals surface area contributed by atoms with E-state index in [-0.39, 0.29) is 16.9 Å². The summed E-state index contributed by atoms with van der Waals surface area (Å²) in [5.41, 5.74) is 0.277. The van der Waals surface area contributed by atoms with Crippen molar-refractivity contribution in [1.82, 2.24) is 9.97 Å². The third-order valence-electron chi connectivity index (χ3n) is 2.14. The number of aromatic amines is 1. The highest BCUT2D eigenvalue weighted by atomic mass is 32.2. The molecule has 0 fully saturated rings. The molecule has 1 N–H and O–H groups in total. The number of carbonyl (C=O) groups excluding carboxylic acids is 2. The first-order valence-corrected chi connectivity index (χ1v) is 6.46. The van der Waals surface area contributed by atoms with Crippen LogP contribution in [0.15, 0.2) is 11.4 Å². The Balaban J connectivity index is 2.68. The van der Waals surface area contributed by atoms with Crippen molar-refractivity contribution in [3.63, 3.8) is 0 Å². The van der Waals surface area contributed by atoms with Crippen molar-refractivity contribution in [3.05, 3.63) is 11.9 Å². The number of imidazole rings is 1. The molecule has 18 heavy (non-hydrogen) atoms. The number of hydrogen-bond acceptors (Lipinski definition) is 6. The molecule has 0 aliphatic rings. The van der Waals surface area contributed by atoms with Gasteiger partial charge in [0.25, 0.3) is 0 Å². The number of esters is 2. The number of ether oxygens (including phenoxy) is 2. The maximum absolute atomic E-state index is 11.4. The highest BCUT2D eigenvalue weighted by Crippen LogP contribution is 2.23. The summed E-state index contributed by atoms with van der Waals surface area (Å²) in [6.45, 7) is 3.91. The first-order chi connectivity index (χ1) is 8.62. The summed E-state index contributed by atoms with van der Waals surface area (Å²) in [5.74, 6) is -0.764. The lowest BCUT2D eigenvalue weighted by molar-refractivity contribution is -0.140. The topological polar surface area (TPSA) is 81.3 Å². The third-order valence-corrected chi connectivity index (χ3v) is 3.38. The molecule has 0 aliphatic heterocycles. The molecule has 1 aromatic heterocycles. The number of carbonyl (C=O) groups is 2. The monoisotopic (exact) mass is 272 g/mol. The summed E-state index contributed by atoms with van der Waals surface area (Å²) in [5, 5.41) is 0.159. The molecule has 6 nitrogen and oxygen atoms in total. The largest absolute Gasteiger partial charge is 0.468 e. The molecule has 1 rings (SSSR count). The minimum absolute atomic E-state index is 0.277. The van der Waals surface area contributed by atoms with Gasteiger partial charge in [0.2, 0.25) is 0 Å². The molecule has 0 spiro atoms. The highest BCUT2D eigenvalue weighted by molar-refractivity contribution is 8.00. The average molecular weight is 272 g/mol. The number of thioether (sulfide) groups is 1. The average Bonchev–Trinajstić information content (AvgIpc) is 2.84. The number of rotatable bonds is 6. The standard InChI is InChI=1S/C11H16N2O4S/c1-4-8(10(15)16-3)18-11-12-6-7(13-11)9(14)17-5-2/h6,8H,4-5H2,1-3H3,(H,12,13). The van der Waals surface area contributed by atoms with Gasteiger partial charge in [-0.15, -0.1) is 0 Å². The predicted octanol–water partition coefficient (Wildman–Crippen LogP) is 1.63. The van der Waals surface area contributed by atoms with Crippen LogP contribution in [0.1, 0.15) is 30.8 Å². The Morgan fingerprint density at radius 2 is 2.22 bits per heavy atom. The van der Waals surface area contributed by atoms with Crippen molar-refractivity contribution in [2.45, 2.75) is 30.7 Å². The lowest BCUT2D eigenvalue weighted by Gasteiger charge is -2.09. The Hall–Kier alpha value is -1.50. The van der Waals surface area contributed by atoms with E-state index in [0.717, 1.165) is 0 Å². The van der Waals surface area contributed by atoms with Crippen molar-refractivity contribution in [2.75, 3.05) is 13.7 Å².